The molecular weight excluding hydrogens is 292 g/mol. The summed E-state index contributed by atoms with van der Waals surface area (Å²) < 4.78 is 5.01. The Kier molecular flexibility index (Phi) is 5.57. The van der Waals surface area contributed by atoms with Gasteiger partial charge in [-0.05, 0) is 38.0 Å². The van der Waals surface area contributed by atoms with Crippen molar-refractivity contribution in [2.45, 2.75) is 39.3 Å². The largest absolute Gasteiger partial charge is 0.459 e. The lowest BCUT2D eigenvalue weighted by molar-refractivity contribution is -0.123. The summed E-state index contributed by atoms with van der Waals surface area (Å²) in [6, 6.07) is 10.5. The molecule has 0 fully saturated rings. The maximum Gasteiger partial charge on any atom is 0.287 e. The van der Waals surface area contributed by atoms with Crippen LogP contribution in [0.3, 0.4) is 0 Å². The Bertz CT molecular complexity index is 647. The number of rotatable bonds is 6. The molecule has 0 saturated carbocycles. The fraction of sp³-hybridized carbons (Fsp3) is 0.333. The van der Waals surface area contributed by atoms with E-state index in [2.05, 4.69) is 10.6 Å². The first-order valence-electron chi connectivity index (χ1n) is 7.72. The fourth-order valence-corrected chi connectivity index (χ4v) is 2.26. The van der Waals surface area contributed by atoms with Crippen LogP contribution in [0.4, 0.5) is 0 Å². The summed E-state index contributed by atoms with van der Waals surface area (Å²) in [5, 5.41) is 5.60. The van der Waals surface area contributed by atoms with Crippen LogP contribution in [0.2, 0.25) is 0 Å². The van der Waals surface area contributed by atoms with E-state index in [1.807, 2.05) is 38.1 Å². The zero-order valence-electron chi connectivity index (χ0n) is 13.6. The molecule has 1 unspecified atom stereocenters. The third-order valence-electron chi connectivity index (χ3n) is 3.69. The molecule has 23 heavy (non-hydrogen) atoms. The topological polar surface area (TPSA) is 71.3 Å². The van der Waals surface area contributed by atoms with E-state index < -0.39 is 11.9 Å². The van der Waals surface area contributed by atoms with Gasteiger partial charge in [0.25, 0.3) is 5.91 Å². The maximum atomic E-state index is 12.3. The first-order chi connectivity index (χ1) is 11.0. The number of hydrogen-bond acceptors (Lipinski definition) is 3. The molecule has 5 heteroatoms. The molecule has 0 aliphatic heterocycles. The van der Waals surface area contributed by atoms with Gasteiger partial charge in [0, 0.05) is 0 Å². The van der Waals surface area contributed by atoms with Crippen molar-refractivity contribution in [3.05, 3.63) is 59.5 Å². The number of carbonyl (C=O) groups excluding carboxylic acids is 2. The van der Waals surface area contributed by atoms with Gasteiger partial charge in [0.05, 0.1) is 12.3 Å². The smallest absolute Gasteiger partial charge is 0.287 e. The molecule has 0 bridgehead atoms. The maximum absolute atomic E-state index is 12.3. The van der Waals surface area contributed by atoms with E-state index in [9.17, 15) is 9.59 Å². The van der Waals surface area contributed by atoms with Crippen LogP contribution in [-0.4, -0.2) is 17.9 Å². The molecule has 2 N–H and O–H groups in total. The van der Waals surface area contributed by atoms with E-state index >= 15 is 0 Å². The molecule has 0 radical (unpaired) electrons. The van der Waals surface area contributed by atoms with E-state index in [4.69, 9.17) is 4.42 Å². The summed E-state index contributed by atoms with van der Waals surface area (Å²) in [5.74, 6) is -0.436. The Morgan fingerprint density at radius 2 is 1.83 bits per heavy atom. The van der Waals surface area contributed by atoms with Gasteiger partial charge in [0.1, 0.15) is 6.04 Å². The summed E-state index contributed by atoms with van der Waals surface area (Å²) >= 11 is 0. The minimum absolute atomic E-state index is 0.0777. The molecule has 0 aliphatic carbocycles. The van der Waals surface area contributed by atoms with Crippen molar-refractivity contribution >= 4 is 11.8 Å². The molecule has 0 saturated heterocycles. The highest BCUT2D eigenvalue weighted by atomic mass is 16.3. The van der Waals surface area contributed by atoms with Crippen molar-refractivity contribution in [1.29, 1.82) is 0 Å². The number of aryl methyl sites for hydroxylation is 1. The lowest BCUT2D eigenvalue weighted by atomic mass is 10.0. The van der Waals surface area contributed by atoms with E-state index in [0.717, 1.165) is 12.0 Å². The first kappa shape index (κ1) is 16.8. The average molecular weight is 314 g/mol. The van der Waals surface area contributed by atoms with E-state index in [0.29, 0.717) is 0 Å². The number of furan rings is 1. The Morgan fingerprint density at radius 3 is 2.39 bits per heavy atom. The Balaban J connectivity index is 1.96. The molecule has 0 spiro atoms. The van der Waals surface area contributed by atoms with Crippen molar-refractivity contribution in [1.82, 2.24) is 10.6 Å². The minimum Gasteiger partial charge on any atom is -0.459 e. The number of carbonyl (C=O) groups is 2. The van der Waals surface area contributed by atoms with Gasteiger partial charge in [0.15, 0.2) is 5.76 Å². The average Bonchev–Trinajstić information content (AvgIpc) is 3.07. The van der Waals surface area contributed by atoms with E-state index in [1.165, 1.54) is 11.8 Å². The van der Waals surface area contributed by atoms with Crippen LogP contribution < -0.4 is 10.6 Å². The lowest BCUT2D eigenvalue weighted by Gasteiger charge is -2.21. The molecule has 122 valence electrons. The SMILES string of the molecule is CCC(NC(=O)[C@H](C)NC(=O)c1ccco1)c1ccc(C)cc1. The first-order valence-corrected chi connectivity index (χ1v) is 7.72. The van der Waals surface area contributed by atoms with Crippen LogP contribution in [0.5, 0.6) is 0 Å². The van der Waals surface area contributed by atoms with E-state index in [-0.39, 0.29) is 17.7 Å². The molecule has 2 aromatic rings. The molecule has 1 aromatic heterocycles. The van der Waals surface area contributed by atoms with Gasteiger partial charge >= 0.3 is 0 Å². The lowest BCUT2D eigenvalue weighted by Crippen LogP contribution is -2.45. The molecule has 2 amide bonds. The Labute approximate surface area is 136 Å². The second kappa shape index (κ2) is 7.63. The Morgan fingerprint density at radius 1 is 1.13 bits per heavy atom. The quantitative estimate of drug-likeness (QED) is 0.861. The van der Waals surface area contributed by atoms with Crippen molar-refractivity contribution in [2.75, 3.05) is 0 Å². The molecule has 1 aromatic carbocycles. The third kappa shape index (κ3) is 4.45. The third-order valence-corrected chi connectivity index (χ3v) is 3.69. The fourth-order valence-electron chi connectivity index (χ4n) is 2.26. The van der Waals surface area contributed by atoms with Crippen molar-refractivity contribution in [2.24, 2.45) is 0 Å². The van der Waals surface area contributed by atoms with Gasteiger partial charge < -0.3 is 15.1 Å². The van der Waals surface area contributed by atoms with Gasteiger partial charge in [-0.3, -0.25) is 9.59 Å². The number of benzene rings is 1. The number of nitrogens with one attached hydrogen (secondary N) is 2. The molecule has 2 atom stereocenters. The summed E-state index contributed by atoms with van der Waals surface area (Å²) in [6.45, 7) is 5.69. The van der Waals surface area contributed by atoms with Gasteiger partial charge in [-0.25, -0.2) is 0 Å². The van der Waals surface area contributed by atoms with Crippen LogP contribution in [0.15, 0.2) is 47.1 Å². The monoisotopic (exact) mass is 314 g/mol. The highest BCUT2D eigenvalue weighted by Crippen LogP contribution is 2.17. The molecule has 2 rings (SSSR count). The summed E-state index contributed by atoms with van der Waals surface area (Å²) in [5.41, 5.74) is 2.23. The molecule has 5 nitrogen and oxygen atoms in total. The van der Waals surface area contributed by atoms with Gasteiger partial charge in [-0.15, -0.1) is 0 Å². The van der Waals surface area contributed by atoms with Gasteiger partial charge in [-0.1, -0.05) is 36.8 Å². The van der Waals surface area contributed by atoms with Crippen molar-refractivity contribution < 1.29 is 14.0 Å². The van der Waals surface area contributed by atoms with Crippen LogP contribution in [0.1, 0.15) is 48.0 Å². The van der Waals surface area contributed by atoms with Gasteiger partial charge in [-0.2, -0.15) is 0 Å². The van der Waals surface area contributed by atoms with Crippen LogP contribution in [-0.2, 0) is 4.79 Å². The second-order valence-corrected chi connectivity index (χ2v) is 5.55. The van der Waals surface area contributed by atoms with Crippen molar-refractivity contribution in [3.8, 4) is 0 Å². The molecule has 1 heterocycles. The predicted molar refractivity (Wildman–Crippen MR) is 88.0 cm³/mol. The highest BCUT2D eigenvalue weighted by Gasteiger charge is 2.20. The standard InChI is InChI=1S/C18H22N2O3/c1-4-15(14-9-7-12(2)8-10-14)20-17(21)13(3)19-18(22)16-6-5-11-23-16/h5-11,13,15H,4H2,1-3H3,(H,19,22)(H,20,21)/t13-,15?/m0/s1. The van der Waals surface area contributed by atoms with Crippen LogP contribution in [0, 0.1) is 6.92 Å². The summed E-state index contributed by atoms with van der Waals surface area (Å²) in [4.78, 5) is 24.2. The van der Waals surface area contributed by atoms with Gasteiger partial charge in [0.2, 0.25) is 5.91 Å². The molecule has 0 aliphatic rings. The number of hydrogen-bond donors (Lipinski definition) is 2. The minimum atomic E-state index is -0.646. The van der Waals surface area contributed by atoms with Crippen molar-refractivity contribution in [3.63, 3.8) is 0 Å². The summed E-state index contributed by atoms with van der Waals surface area (Å²) in [7, 11) is 0. The van der Waals surface area contributed by atoms with Crippen LogP contribution >= 0.6 is 0 Å². The van der Waals surface area contributed by atoms with E-state index in [1.54, 1.807) is 19.1 Å². The normalized spacial score (nSPS) is 13.2. The molecular formula is C18H22N2O3. The Hall–Kier alpha value is -2.56. The summed E-state index contributed by atoms with van der Waals surface area (Å²) in [6.07, 6.45) is 2.19. The predicted octanol–water partition coefficient (Wildman–Crippen LogP) is 2.97. The number of amides is 2. The second-order valence-electron chi connectivity index (χ2n) is 5.55. The zero-order valence-corrected chi connectivity index (χ0v) is 13.6. The highest BCUT2D eigenvalue weighted by molar-refractivity contribution is 5.95. The zero-order chi connectivity index (χ0) is 16.8. The van der Waals surface area contributed by atoms with Crippen LogP contribution in [0.25, 0.3) is 0 Å².